The minimum atomic E-state index is -1.78. The summed E-state index contributed by atoms with van der Waals surface area (Å²) in [4.78, 5) is 13.5. The Bertz CT molecular complexity index is 1870. The van der Waals surface area contributed by atoms with Crippen LogP contribution in [0.15, 0.2) is 24.3 Å². The SMILES string of the molecule is CCCCCCC/C=C\C/C=C\CCCCCCCCCCCCCCCCCCCCCCCCCCCCCC(=O)NC(COC1OC(CO)C(OC2OC(CO)C(O)C(O)C2O)C(O)C1O)C(O)CCCCCCCCCCCCCCCCCCCCCCCCCCCCCCCCCCC. The van der Waals surface area contributed by atoms with Gasteiger partial charge in [-0.1, -0.05) is 436 Å². The lowest BCUT2D eigenvalue weighted by atomic mass is 9.97. The van der Waals surface area contributed by atoms with E-state index in [0.29, 0.717) is 12.8 Å². The Hall–Kier alpha value is -1.53. The molecule has 628 valence electrons. The van der Waals surface area contributed by atoms with Gasteiger partial charge in [-0.2, -0.15) is 0 Å². The summed E-state index contributed by atoms with van der Waals surface area (Å²) in [6.45, 7) is 2.94. The molecule has 2 aliphatic rings. The van der Waals surface area contributed by atoms with E-state index in [2.05, 4.69) is 43.5 Å². The van der Waals surface area contributed by atoms with Crippen molar-refractivity contribution in [3.63, 3.8) is 0 Å². The summed E-state index contributed by atoms with van der Waals surface area (Å²) in [5.41, 5.74) is 0. The smallest absolute Gasteiger partial charge is 0.220 e. The summed E-state index contributed by atoms with van der Waals surface area (Å²) in [5, 5.41) is 88.1. The van der Waals surface area contributed by atoms with Gasteiger partial charge in [-0.05, 0) is 44.9 Å². The zero-order chi connectivity index (χ0) is 76.5. The third-order valence-electron chi connectivity index (χ3n) is 23.2. The molecule has 0 spiro atoms. The molecule has 1 amide bonds. The molecule has 9 N–H and O–H groups in total. The van der Waals surface area contributed by atoms with Crippen molar-refractivity contribution in [3.8, 4) is 0 Å². The molecule has 0 aliphatic carbocycles. The highest BCUT2D eigenvalue weighted by Gasteiger charge is 2.51. The van der Waals surface area contributed by atoms with Gasteiger partial charge in [-0.25, -0.2) is 0 Å². The number of unbranched alkanes of at least 4 members (excludes halogenated alkanes) is 64. The molecule has 0 aromatic rings. The second-order valence-corrected chi connectivity index (χ2v) is 33.1. The van der Waals surface area contributed by atoms with E-state index in [0.717, 1.165) is 57.8 Å². The number of ether oxygens (including phenoxy) is 4. The van der Waals surface area contributed by atoms with Crippen molar-refractivity contribution in [1.29, 1.82) is 0 Å². The Morgan fingerprint density at radius 2 is 0.623 bits per heavy atom. The van der Waals surface area contributed by atoms with Gasteiger partial charge >= 0.3 is 0 Å². The van der Waals surface area contributed by atoms with Crippen LogP contribution in [0.4, 0.5) is 0 Å². The first-order chi connectivity index (χ1) is 52.1. The van der Waals surface area contributed by atoms with Crippen LogP contribution in [0.2, 0.25) is 0 Å². The summed E-state index contributed by atoms with van der Waals surface area (Å²) >= 11 is 0. The molecule has 14 nitrogen and oxygen atoms in total. The Morgan fingerprint density at radius 3 is 0.943 bits per heavy atom. The van der Waals surface area contributed by atoms with E-state index in [-0.39, 0.29) is 12.5 Å². The van der Waals surface area contributed by atoms with Crippen LogP contribution in [-0.4, -0.2) is 140 Å². The number of carbonyl (C=O) groups is 1. The second kappa shape index (κ2) is 76.1. The van der Waals surface area contributed by atoms with E-state index >= 15 is 0 Å². The first-order valence-corrected chi connectivity index (χ1v) is 46.6. The highest BCUT2D eigenvalue weighted by Crippen LogP contribution is 2.31. The Morgan fingerprint density at radius 1 is 0.340 bits per heavy atom. The molecule has 0 radical (unpaired) electrons. The van der Waals surface area contributed by atoms with Gasteiger partial charge in [0.2, 0.25) is 5.91 Å². The highest BCUT2D eigenvalue weighted by atomic mass is 16.7. The fourth-order valence-corrected chi connectivity index (χ4v) is 15.9. The fraction of sp³-hybridized carbons (Fsp3) is 0.946. The van der Waals surface area contributed by atoms with Gasteiger partial charge in [0.25, 0.3) is 0 Å². The number of hydrogen-bond donors (Lipinski definition) is 9. The van der Waals surface area contributed by atoms with Crippen LogP contribution in [0.25, 0.3) is 0 Å². The molecule has 2 fully saturated rings. The van der Waals surface area contributed by atoms with Gasteiger partial charge in [0.1, 0.15) is 48.8 Å². The maximum absolute atomic E-state index is 13.5. The Labute approximate surface area is 653 Å². The molecule has 12 unspecified atom stereocenters. The fourth-order valence-electron chi connectivity index (χ4n) is 15.9. The van der Waals surface area contributed by atoms with E-state index < -0.39 is 86.8 Å². The number of nitrogens with one attached hydrogen (secondary N) is 1. The number of rotatable bonds is 81. The molecular weight excluding hydrogens is 1330 g/mol. The van der Waals surface area contributed by atoms with Crippen molar-refractivity contribution < 1.29 is 64.6 Å². The topological polar surface area (TPSA) is 228 Å². The first-order valence-electron chi connectivity index (χ1n) is 46.6. The maximum atomic E-state index is 13.5. The average molecular weight is 1510 g/mol. The summed E-state index contributed by atoms with van der Waals surface area (Å²) in [6.07, 6.45) is 84.1. The zero-order valence-electron chi connectivity index (χ0n) is 69.5. The number of aliphatic hydroxyl groups excluding tert-OH is 8. The lowest BCUT2D eigenvalue weighted by Crippen LogP contribution is -2.65. The molecule has 2 saturated heterocycles. The van der Waals surface area contributed by atoms with Crippen LogP contribution in [-0.2, 0) is 23.7 Å². The lowest BCUT2D eigenvalue weighted by Gasteiger charge is -2.46. The van der Waals surface area contributed by atoms with Crippen molar-refractivity contribution in [3.05, 3.63) is 24.3 Å². The molecule has 0 aromatic heterocycles. The van der Waals surface area contributed by atoms with E-state index in [1.165, 1.54) is 379 Å². The van der Waals surface area contributed by atoms with Crippen molar-refractivity contribution >= 4 is 5.91 Å². The van der Waals surface area contributed by atoms with E-state index in [1.807, 2.05) is 0 Å². The highest BCUT2D eigenvalue weighted by molar-refractivity contribution is 5.76. The molecule has 106 heavy (non-hydrogen) atoms. The summed E-state index contributed by atoms with van der Waals surface area (Å²) in [6, 6.07) is -0.828. The largest absolute Gasteiger partial charge is 0.394 e. The first kappa shape index (κ1) is 101. The minimum absolute atomic E-state index is 0.195. The third-order valence-corrected chi connectivity index (χ3v) is 23.2. The maximum Gasteiger partial charge on any atom is 0.220 e. The third kappa shape index (κ3) is 57.5. The van der Waals surface area contributed by atoms with Gasteiger partial charge in [0.15, 0.2) is 12.6 Å². The van der Waals surface area contributed by atoms with E-state index in [9.17, 15) is 45.6 Å². The van der Waals surface area contributed by atoms with Gasteiger partial charge in [0, 0.05) is 6.42 Å². The number of carbonyl (C=O) groups excluding carboxylic acids is 1. The monoisotopic (exact) mass is 1500 g/mol. The quantitative estimate of drug-likeness (QED) is 0.0204. The molecular formula is C92H177NO13. The number of hydrogen-bond acceptors (Lipinski definition) is 13. The van der Waals surface area contributed by atoms with Crippen molar-refractivity contribution in [2.45, 2.75) is 537 Å². The molecule has 12 atom stereocenters. The number of amides is 1. The number of aliphatic hydroxyl groups is 8. The zero-order valence-corrected chi connectivity index (χ0v) is 69.5. The van der Waals surface area contributed by atoms with Crippen LogP contribution < -0.4 is 5.32 Å². The molecule has 2 heterocycles. The van der Waals surface area contributed by atoms with E-state index in [4.69, 9.17) is 18.9 Å². The molecule has 2 rings (SSSR count). The Kier molecular flexibility index (Phi) is 72.2. The standard InChI is InChI=1S/C92H177NO13/c1-3-5-7-9-11-13-15-17-19-21-23-25-27-29-31-33-35-37-38-39-40-41-42-44-46-48-50-52-54-56-58-60-62-64-66-68-70-72-74-76-84(97)93-80(79-103-91-89(102)87(100)90(83(78-95)105-91)106-92-88(101)86(99)85(98)82(77-94)104-92)81(96)75-73-71-69-67-65-63-61-59-57-55-53-51-49-47-45-43-36-34-32-30-28-26-24-22-20-18-16-14-12-10-8-6-4-2/h15,17,21,23,80-83,85-92,94-96,98-102H,3-14,16,18-20,22,24-79H2,1-2H3,(H,93,97)/b17-15-,23-21-. The summed E-state index contributed by atoms with van der Waals surface area (Å²) < 4.78 is 23.0. The van der Waals surface area contributed by atoms with Crippen LogP contribution in [0.5, 0.6) is 0 Å². The molecule has 0 bridgehead atoms. The van der Waals surface area contributed by atoms with Crippen molar-refractivity contribution in [2.75, 3.05) is 19.8 Å². The predicted molar refractivity (Wildman–Crippen MR) is 443 cm³/mol. The summed E-state index contributed by atoms with van der Waals surface area (Å²) in [5.74, 6) is -0.195. The van der Waals surface area contributed by atoms with Crippen LogP contribution >= 0.6 is 0 Å². The lowest BCUT2D eigenvalue weighted by molar-refractivity contribution is -0.359. The Balaban J connectivity index is 1.53. The number of allylic oxidation sites excluding steroid dienone is 4. The van der Waals surface area contributed by atoms with Crippen LogP contribution in [0.1, 0.15) is 463 Å². The molecule has 0 saturated carbocycles. The van der Waals surface area contributed by atoms with Gasteiger partial charge in [0.05, 0.1) is 32.0 Å². The van der Waals surface area contributed by atoms with Gasteiger partial charge in [-0.15, -0.1) is 0 Å². The minimum Gasteiger partial charge on any atom is -0.394 e. The van der Waals surface area contributed by atoms with Gasteiger partial charge < -0.3 is 65.1 Å². The van der Waals surface area contributed by atoms with Crippen LogP contribution in [0, 0.1) is 0 Å². The van der Waals surface area contributed by atoms with E-state index in [1.54, 1.807) is 0 Å². The van der Waals surface area contributed by atoms with Gasteiger partial charge in [-0.3, -0.25) is 4.79 Å². The average Bonchev–Trinajstić information content (AvgIpc) is 0.789. The van der Waals surface area contributed by atoms with Crippen molar-refractivity contribution in [2.24, 2.45) is 0 Å². The molecule has 2 aliphatic heterocycles. The molecule has 0 aromatic carbocycles. The van der Waals surface area contributed by atoms with Crippen LogP contribution in [0.3, 0.4) is 0 Å². The van der Waals surface area contributed by atoms with Crippen molar-refractivity contribution in [1.82, 2.24) is 5.32 Å². The second-order valence-electron chi connectivity index (χ2n) is 33.1. The molecule has 14 heteroatoms. The normalized spacial score (nSPS) is 21.3. The summed E-state index contributed by atoms with van der Waals surface area (Å²) in [7, 11) is 0. The predicted octanol–water partition coefficient (Wildman–Crippen LogP) is 22.9.